The van der Waals surface area contributed by atoms with Gasteiger partial charge in [-0.05, 0) is 50.6 Å². The third-order valence-corrected chi connectivity index (χ3v) is 3.91. The number of fused-ring (bicyclic) bond motifs is 1. The molecular formula is C17H27N3. The molecule has 0 radical (unpaired) electrons. The predicted octanol–water partition coefficient (Wildman–Crippen LogP) is 4.30. The van der Waals surface area contributed by atoms with Gasteiger partial charge in [0.15, 0.2) is 0 Å². The Balaban J connectivity index is 2.31. The fraction of sp³-hybridized carbons (Fsp3) is 0.588. The molecule has 0 aliphatic rings. The number of hydrogen-bond donors (Lipinski definition) is 1. The standard InChI is InChI=1S/C17H27N3/c1-6-7-10-20(5)16(12(2)3)17-18-14-9-8-13(4)11-15(14)19-17/h8-9,11-12,16H,6-7,10H2,1-5H3,(H,18,19). The van der Waals surface area contributed by atoms with Gasteiger partial charge < -0.3 is 4.98 Å². The van der Waals surface area contributed by atoms with E-state index in [1.54, 1.807) is 0 Å². The molecule has 1 N–H and O–H groups in total. The monoisotopic (exact) mass is 273 g/mol. The normalized spacial score (nSPS) is 13.6. The lowest BCUT2D eigenvalue weighted by Gasteiger charge is -2.29. The SMILES string of the molecule is CCCCN(C)C(c1nc2ccc(C)cc2[nH]1)C(C)C. The number of unbranched alkanes of at least 4 members (excludes halogenated alkanes) is 1. The first-order chi connectivity index (χ1) is 9.52. The Bertz CT molecular complexity index is 556. The first kappa shape index (κ1) is 15.0. The van der Waals surface area contributed by atoms with Crippen molar-refractivity contribution in [1.29, 1.82) is 0 Å². The van der Waals surface area contributed by atoms with Crippen LogP contribution >= 0.6 is 0 Å². The van der Waals surface area contributed by atoms with Crippen molar-refractivity contribution in [1.82, 2.24) is 14.9 Å². The number of hydrogen-bond acceptors (Lipinski definition) is 2. The maximum atomic E-state index is 4.81. The fourth-order valence-electron chi connectivity index (χ4n) is 2.86. The van der Waals surface area contributed by atoms with E-state index in [0.717, 1.165) is 23.4 Å². The summed E-state index contributed by atoms with van der Waals surface area (Å²) in [6.07, 6.45) is 2.47. The third-order valence-electron chi connectivity index (χ3n) is 3.91. The zero-order valence-corrected chi connectivity index (χ0v) is 13.4. The molecule has 0 bridgehead atoms. The number of aromatic amines is 1. The summed E-state index contributed by atoms with van der Waals surface area (Å²) in [5.41, 5.74) is 3.49. The number of imidazole rings is 1. The summed E-state index contributed by atoms with van der Waals surface area (Å²) in [6, 6.07) is 6.76. The molecule has 1 heterocycles. The van der Waals surface area contributed by atoms with Crippen LogP contribution in [0.3, 0.4) is 0 Å². The topological polar surface area (TPSA) is 31.9 Å². The van der Waals surface area contributed by atoms with Crippen LogP contribution in [-0.4, -0.2) is 28.5 Å². The van der Waals surface area contributed by atoms with Crippen molar-refractivity contribution in [3.8, 4) is 0 Å². The molecule has 0 aliphatic heterocycles. The predicted molar refractivity (Wildman–Crippen MR) is 85.9 cm³/mol. The Morgan fingerprint density at radius 3 is 2.70 bits per heavy atom. The summed E-state index contributed by atoms with van der Waals surface area (Å²) in [4.78, 5) is 10.8. The lowest BCUT2D eigenvalue weighted by Crippen LogP contribution is -2.30. The van der Waals surface area contributed by atoms with Crippen LogP contribution in [0.4, 0.5) is 0 Å². The van der Waals surface area contributed by atoms with Crippen molar-refractivity contribution in [2.75, 3.05) is 13.6 Å². The first-order valence-corrected chi connectivity index (χ1v) is 7.69. The lowest BCUT2D eigenvalue weighted by atomic mass is 10.0. The molecule has 1 aromatic heterocycles. The van der Waals surface area contributed by atoms with E-state index < -0.39 is 0 Å². The fourth-order valence-corrected chi connectivity index (χ4v) is 2.86. The summed E-state index contributed by atoms with van der Waals surface area (Å²) in [5, 5.41) is 0. The van der Waals surface area contributed by atoms with Crippen molar-refractivity contribution < 1.29 is 0 Å². The van der Waals surface area contributed by atoms with Crippen molar-refractivity contribution in [3.05, 3.63) is 29.6 Å². The van der Waals surface area contributed by atoms with E-state index in [2.05, 4.69) is 62.8 Å². The molecule has 0 saturated carbocycles. The zero-order chi connectivity index (χ0) is 14.7. The average Bonchev–Trinajstić information content (AvgIpc) is 2.78. The number of aryl methyl sites for hydroxylation is 1. The van der Waals surface area contributed by atoms with Crippen LogP contribution in [0.1, 0.15) is 51.0 Å². The average molecular weight is 273 g/mol. The van der Waals surface area contributed by atoms with Crippen LogP contribution < -0.4 is 0 Å². The molecule has 110 valence electrons. The molecule has 2 aromatic rings. The van der Waals surface area contributed by atoms with Crippen LogP contribution in [0, 0.1) is 12.8 Å². The quantitative estimate of drug-likeness (QED) is 0.851. The Morgan fingerprint density at radius 2 is 2.05 bits per heavy atom. The summed E-state index contributed by atoms with van der Waals surface area (Å²) >= 11 is 0. The van der Waals surface area contributed by atoms with Gasteiger partial charge in [0.05, 0.1) is 17.1 Å². The molecule has 0 spiro atoms. The van der Waals surface area contributed by atoms with E-state index >= 15 is 0 Å². The highest BCUT2D eigenvalue weighted by atomic mass is 15.2. The highest BCUT2D eigenvalue weighted by Crippen LogP contribution is 2.27. The number of nitrogens with one attached hydrogen (secondary N) is 1. The number of rotatable bonds is 6. The number of benzene rings is 1. The molecule has 0 amide bonds. The van der Waals surface area contributed by atoms with Crippen LogP contribution in [0.2, 0.25) is 0 Å². The van der Waals surface area contributed by atoms with Gasteiger partial charge in [-0.1, -0.05) is 33.3 Å². The van der Waals surface area contributed by atoms with E-state index in [0.29, 0.717) is 12.0 Å². The maximum absolute atomic E-state index is 4.81. The Kier molecular flexibility index (Phi) is 4.81. The second-order valence-corrected chi connectivity index (χ2v) is 6.17. The molecule has 2 rings (SSSR count). The van der Waals surface area contributed by atoms with Crippen molar-refractivity contribution in [2.24, 2.45) is 5.92 Å². The maximum Gasteiger partial charge on any atom is 0.124 e. The third kappa shape index (κ3) is 3.21. The molecule has 0 saturated heterocycles. The molecular weight excluding hydrogens is 246 g/mol. The second kappa shape index (κ2) is 6.40. The van der Waals surface area contributed by atoms with E-state index in [4.69, 9.17) is 4.98 Å². The van der Waals surface area contributed by atoms with E-state index in [9.17, 15) is 0 Å². The van der Waals surface area contributed by atoms with Crippen molar-refractivity contribution >= 4 is 11.0 Å². The summed E-state index contributed by atoms with van der Waals surface area (Å²) < 4.78 is 0. The van der Waals surface area contributed by atoms with E-state index in [1.807, 2.05) is 0 Å². The van der Waals surface area contributed by atoms with E-state index in [-0.39, 0.29) is 0 Å². The molecule has 20 heavy (non-hydrogen) atoms. The molecule has 1 atom stereocenters. The van der Waals surface area contributed by atoms with Crippen LogP contribution in [0.15, 0.2) is 18.2 Å². The first-order valence-electron chi connectivity index (χ1n) is 7.69. The minimum Gasteiger partial charge on any atom is -0.341 e. The highest BCUT2D eigenvalue weighted by molar-refractivity contribution is 5.75. The zero-order valence-electron chi connectivity index (χ0n) is 13.4. The summed E-state index contributed by atoms with van der Waals surface area (Å²) in [6.45, 7) is 10.0. The van der Waals surface area contributed by atoms with Crippen LogP contribution in [0.25, 0.3) is 11.0 Å². The molecule has 1 unspecified atom stereocenters. The second-order valence-electron chi connectivity index (χ2n) is 6.17. The highest BCUT2D eigenvalue weighted by Gasteiger charge is 2.23. The number of aromatic nitrogens is 2. The molecule has 3 nitrogen and oxygen atoms in total. The van der Waals surface area contributed by atoms with Gasteiger partial charge in [0, 0.05) is 0 Å². The Labute approximate surface area is 122 Å². The van der Waals surface area contributed by atoms with Gasteiger partial charge in [-0.25, -0.2) is 4.98 Å². The minimum atomic E-state index is 0.356. The number of nitrogens with zero attached hydrogens (tertiary/aromatic N) is 2. The number of H-pyrrole nitrogens is 1. The molecule has 1 aromatic carbocycles. The molecule has 3 heteroatoms. The molecule has 0 aliphatic carbocycles. The van der Waals surface area contributed by atoms with Gasteiger partial charge in [-0.15, -0.1) is 0 Å². The van der Waals surface area contributed by atoms with Gasteiger partial charge in [0.25, 0.3) is 0 Å². The Hall–Kier alpha value is -1.35. The summed E-state index contributed by atoms with van der Waals surface area (Å²) in [7, 11) is 2.21. The summed E-state index contributed by atoms with van der Waals surface area (Å²) in [5.74, 6) is 1.64. The van der Waals surface area contributed by atoms with Gasteiger partial charge in [-0.2, -0.15) is 0 Å². The largest absolute Gasteiger partial charge is 0.341 e. The van der Waals surface area contributed by atoms with Crippen LogP contribution in [-0.2, 0) is 0 Å². The smallest absolute Gasteiger partial charge is 0.124 e. The van der Waals surface area contributed by atoms with Crippen molar-refractivity contribution in [2.45, 2.75) is 46.6 Å². The lowest BCUT2D eigenvalue weighted by molar-refractivity contribution is 0.184. The van der Waals surface area contributed by atoms with Gasteiger partial charge in [0.1, 0.15) is 5.82 Å². The van der Waals surface area contributed by atoms with Gasteiger partial charge in [0.2, 0.25) is 0 Å². The van der Waals surface area contributed by atoms with Gasteiger partial charge in [-0.3, -0.25) is 4.90 Å². The van der Waals surface area contributed by atoms with Gasteiger partial charge >= 0.3 is 0 Å². The van der Waals surface area contributed by atoms with Crippen molar-refractivity contribution in [3.63, 3.8) is 0 Å². The molecule has 0 fully saturated rings. The Morgan fingerprint density at radius 1 is 1.30 bits per heavy atom. The minimum absolute atomic E-state index is 0.356. The van der Waals surface area contributed by atoms with E-state index in [1.165, 1.54) is 18.4 Å². The van der Waals surface area contributed by atoms with Crippen LogP contribution in [0.5, 0.6) is 0 Å².